The number of fused-ring (bicyclic) bond motifs is 1. The van der Waals surface area contributed by atoms with Gasteiger partial charge in [-0.2, -0.15) is 5.26 Å². The molecule has 3 aromatic rings. The van der Waals surface area contributed by atoms with Crippen LogP contribution in [0.15, 0.2) is 78.2 Å². The number of nitrogens with zero attached hydrogens (tertiary/aromatic N) is 1. The van der Waals surface area contributed by atoms with Gasteiger partial charge in [0.2, 0.25) is 5.88 Å². The van der Waals surface area contributed by atoms with E-state index in [0.717, 1.165) is 36.8 Å². The monoisotopic (exact) mass is 526 g/mol. The summed E-state index contributed by atoms with van der Waals surface area (Å²) >= 11 is 0. The van der Waals surface area contributed by atoms with Gasteiger partial charge >= 0.3 is 5.97 Å². The Balaban J connectivity index is 1.55. The van der Waals surface area contributed by atoms with Gasteiger partial charge in [0, 0.05) is 17.2 Å². The number of hydrogen-bond donors (Lipinski definition) is 1. The van der Waals surface area contributed by atoms with Crippen LogP contribution in [0.25, 0.3) is 0 Å². The van der Waals surface area contributed by atoms with Crippen molar-refractivity contribution in [3.8, 4) is 29.1 Å². The molecule has 0 aromatic heterocycles. The first-order valence-electron chi connectivity index (χ1n) is 13.4. The van der Waals surface area contributed by atoms with E-state index in [4.69, 9.17) is 24.7 Å². The molecule has 7 nitrogen and oxygen atoms in total. The second-order valence-corrected chi connectivity index (χ2v) is 9.40. The molecule has 1 aliphatic heterocycles. The highest BCUT2D eigenvalue weighted by Gasteiger charge is 2.33. The Morgan fingerprint density at radius 3 is 2.49 bits per heavy atom. The summed E-state index contributed by atoms with van der Waals surface area (Å²) in [4.78, 5) is 12.8. The van der Waals surface area contributed by atoms with E-state index in [0.29, 0.717) is 29.4 Å². The summed E-state index contributed by atoms with van der Waals surface area (Å²) < 4.78 is 23.3. The zero-order valence-electron chi connectivity index (χ0n) is 22.6. The van der Waals surface area contributed by atoms with E-state index >= 15 is 0 Å². The van der Waals surface area contributed by atoms with E-state index < -0.39 is 18.0 Å². The number of aryl methyl sites for hydroxylation is 1. The molecule has 0 saturated carbocycles. The minimum atomic E-state index is -0.825. The Bertz CT molecular complexity index is 1370. The normalized spacial score (nSPS) is 15.0. The first-order valence-corrected chi connectivity index (χ1v) is 13.4. The van der Waals surface area contributed by atoms with Gasteiger partial charge in [-0.15, -0.1) is 0 Å². The summed E-state index contributed by atoms with van der Waals surface area (Å²) in [5, 5.41) is 9.95. The van der Waals surface area contributed by atoms with Crippen LogP contribution in [0.2, 0.25) is 0 Å². The van der Waals surface area contributed by atoms with Gasteiger partial charge in [0.1, 0.15) is 34.6 Å². The number of nitrogens with two attached hydrogens (primary N) is 1. The van der Waals surface area contributed by atoms with Crippen LogP contribution in [0.5, 0.6) is 23.0 Å². The Morgan fingerprint density at radius 2 is 1.77 bits per heavy atom. The molecule has 1 aliphatic rings. The van der Waals surface area contributed by atoms with E-state index in [9.17, 15) is 10.1 Å². The molecule has 0 bridgehead atoms. The fourth-order valence-electron chi connectivity index (χ4n) is 4.46. The number of esters is 1. The van der Waals surface area contributed by atoms with Crippen LogP contribution in [-0.4, -0.2) is 18.7 Å². The lowest BCUT2D eigenvalue weighted by atomic mass is 9.83. The molecule has 0 fully saturated rings. The van der Waals surface area contributed by atoms with Gasteiger partial charge in [-0.05, 0) is 49.6 Å². The number of hydrogen-bond acceptors (Lipinski definition) is 7. The molecule has 2 N–H and O–H groups in total. The summed E-state index contributed by atoms with van der Waals surface area (Å²) in [6.07, 6.45) is 3.22. The number of ether oxygens (including phenoxy) is 4. The van der Waals surface area contributed by atoms with E-state index in [1.165, 1.54) is 5.56 Å². The van der Waals surface area contributed by atoms with Crippen molar-refractivity contribution in [3.63, 3.8) is 0 Å². The summed E-state index contributed by atoms with van der Waals surface area (Å²) in [7, 11) is 0. The number of unbranched alkanes of at least 4 members (excludes halogenated alkanes) is 2. The molecule has 7 heteroatoms. The van der Waals surface area contributed by atoms with Crippen molar-refractivity contribution in [3.05, 3.63) is 94.9 Å². The van der Waals surface area contributed by atoms with E-state index in [-0.39, 0.29) is 11.6 Å². The maximum Gasteiger partial charge on any atom is 0.352 e. The highest BCUT2D eigenvalue weighted by molar-refractivity contribution is 5.77. The number of nitriles is 1. The molecule has 0 radical (unpaired) electrons. The van der Waals surface area contributed by atoms with Gasteiger partial charge in [-0.1, -0.05) is 63.1 Å². The molecule has 39 heavy (non-hydrogen) atoms. The Hall–Kier alpha value is -4.44. The molecule has 2 atom stereocenters. The van der Waals surface area contributed by atoms with Crippen molar-refractivity contribution in [1.82, 2.24) is 0 Å². The van der Waals surface area contributed by atoms with Gasteiger partial charge in [-0.3, -0.25) is 0 Å². The molecule has 1 heterocycles. The quantitative estimate of drug-likeness (QED) is 0.175. The van der Waals surface area contributed by atoms with Gasteiger partial charge < -0.3 is 24.7 Å². The molecule has 4 rings (SSSR count). The van der Waals surface area contributed by atoms with Gasteiger partial charge in [0.15, 0.2) is 6.10 Å². The summed E-state index contributed by atoms with van der Waals surface area (Å²) in [6.45, 7) is 6.44. The average Bonchev–Trinajstić information content (AvgIpc) is 2.95. The van der Waals surface area contributed by atoms with Crippen LogP contribution >= 0.6 is 0 Å². The molecule has 0 aliphatic carbocycles. The van der Waals surface area contributed by atoms with Crippen molar-refractivity contribution in [2.45, 2.75) is 58.5 Å². The minimum Gasteiger partial charge on any atom is -0.493 e. The van der Waals surface area contributed by atoms with Crippen LogP contribution in [0.4, 0.5) is 0 Å². The van der Waals surface area contributed by atoms with Crippen LogP contribution in [0.3, 0.4) is 0 Å². The zero-order valence-corrected chi connectivity index (χ0v) is 22.6. The van der Waals surface area contributed by atoms with Crippen molar-refractivity contribution >= 4 is 5.97 Å². The third-order valence-electron chi connectivity index (χ3n) is 6.62. The number of carbonyl (C=O) groups is 1. The highest BCUT2D eigenvalue weighted by atomic mass is 16.6. The SMILES string of the molecule is CCCCCOc1ccccc1C1C(C#N)=C(N)Oc2cc(OC(=O)C(C)Oc3ccc(CC)cc3)ccc21. The average molecular weight is 527 g/mol. The molecule has 2 unspecified atom stereocenters. The minimum absolute atomic E-state index is 0.00601. The van der Waals surface area contributed by atoms with Crippen LogP contribution in [0.1, 0.15) is 62.6 Å². The Labute approximate surface area is 229 Å². The fourth-order valence-corrected chi connectivity index (χ4v) is 4.46. The van der Waals surface area contributed by atoms with Crippen LogP contribution < -0.4 is 24.7 Å². The maximum absolute atomic E-state index is 12.8. The van der Waals surface area contributed by atoms with Crippen molar-refractivity contribution in [2.24, 2.45) is 5.73 Å². The Morgan fingerprint density at radius 1 is 1.03 bits per heavy atom. The molecule has 0 saturated heterocycles. The lowest BCUT2D eigenvalue weighted by Crippen LogP contribution is -2.28. The predicted molar refractivity (Wildman–Crippen MR) is 149 cm³/mol. The third kappa shape index (κ3) is 6.53. The zero-order chi connectivity index (χ0) is 27.8. The number of benzene rings is 3. The number of rotatable bonds is 11. The van der Waals surface area contributed by atoms with Crippen LogP contribution in [-0.2, 0) is 11.2 Å². The topological polar surface area (TPSA) is 104 Å². The van der Waals surface area contributed by atoms with Gasteiger partial charge in [0.05, 0.1) is 12.5 Å². The summed E-state index contributed by atoms with van der Waals surface area (Å²) in [5.41, 5.74) is 9.22. The standard InChI is InChI=1S/C32H34N2O5/c1-4-6-9-18-36-28-11-8-7-10-25(28)30-26-17-16-24(19-29(26)39-31(34)27(30)20-33)38-32(35)21(3)37-23-14-12-22(5-2)13-15-23/h7-8,10-17,19,21,30H,4-6,9,18,34H2,1-3H3. The second kappa shape index (κ2) is 12.9. The van der Waals surface area contributed by atoms with Crippen molar-refractivity contribution in [1.29, 1.82) is 5.26 Å². The summed E-state index contributed by atoms with van der Waals surface area (Å²) in [5.74, 6) is 0.948. The first kappa shape index (κ1) is 27.6. The largest absolute Gasteiger partial charge is 0.493 e. The molecular weight excluding hydrogens is 492 g/mol. The van der Waals surface area contributed by atoms with Crippen molar-refractivity contribution in [2.75, 3.05) is 6.61 Å². The first-order chi connectivity index (χ1) is 18.9. The molecule has 202 valence electrons. The number of carbonyl (C=O) groups excluding carboxylic acids is 1. The Kier molecular flexibility index (Phi) is 9.11. The maximum atomic E-state index is 12.8. The summed E-state index contributed by atoms with van der Waals surface area (Å²) in [6, 6.07) is 22.5. The number of para-hydroxylation sites is 1. The molecule has 0 spiro atoms. The second-order valence-electron chi connectivity index (χ2n) is 9.40. The van der Waals surface area contributed by atoms with E-state index in [2.05, 4.69) is 19.9 Å². The van der Waals surface area contributed by atoms with Gasteiger partial charge in [-0.25, -0.2) is 4.79 Å². The fraction of sp³-hybridized carbons (Fsp3) is 0.312. The molecular formula is C32H34N2O5. The number of allylic oxidation sites excluding steroid dienone is 1. The molecule has 3 aromatic carbocycles. The highest BCUT2D eigenvalue weighted by Crippen LogP contribution is 2.46. The lowest BCUT2D eigenvalue weighted by molar-refractivity contribution is -0.141. The van der Waals surface area contributed by atoms with E-state index in [1.807, 2.05) is 48.5 Å². The van der Waals surface area contributed by atoms with Gasteiger partial charge in [0.25, 0.3) is 0 Å². The smallest absolute Gasteiger partial charge is 0.352 e. The third-order valence-corrected chi connectivity index (χ3v) is 6.62. The predicted octanol–water partition coefficient (Wildman–Crippen LogP) is 6.41. The molecule has 0 amide bonds. The van der Waals surface area contributed by atoms with Crippen molar-refractivity contribution < 1.29 is 23.7 Å². The van der Waals surface area contributed by atoms with Crippen LogP contribution in [0, 0.1) is 11.3 Å². The van der Waals surface area contributed by atoms with E-state index in [1.54, 1.807) is 25.1 Å². The lowest BCUT2D eigenvalue weighted by Gasteiger charge is -2.28.